The quantitative estimate of drug-likeness (QED) is 0.198. The molecule has 6 atom stereocenters. The van der Waals surface area contributed by atoms with Crippen LogP contribution in [0.3, 0.4) is 0 Å². The van der Waals surface area contributed by atoms with Crippen molar-refractivity contribution in [3.05, 3.63) is 31.6 Å². The van der Waals surface area contributed by atoms with Gasteiger partial charge in [0.05, 0.1) is 25.3 Å². The molecule has 180 valence electrons. The van der Waals surface area contributed by atoms with E-state index in [2.05, 4.69) is 13.1 Å². The number of ether oxygens (including phenoxy) is 1. The van der Waals surface area contributed by atoms with Crippen LogP contribution in [0.1, 0.15) is 6.23 Å². The third kappa shape index (κ3) is 9.75. The third-order valence-corrected chi connectivity index (χ3v) is 8.37. The Morgan fingerprint density at radius 1 is 0.972 bits per heavy atom. The Kier molecular flexibility index (Phi) is 16.2. The predicted octanol–water partition coefficient (Wildman–Crippen LogP) is -15.8. The Balaban J connectivity index is 0. The van der Waals surface area contributed by atoms with Gasteiger partial charge in [0.25, 0.3) is 21.2 Å². The van der Waals surface area contributed by atoms with Crippen LogP contribution in [0.15, 0.2) is 20.3 Å². The zero-order chi connectivity index (χ0) is 24.1. The van der Waals surface area contributed by atoms with Gasteiger partial charge in [-0.2, -0.15) is 0 Å². The summed E-state index contributed by atoms with van der Waals surface area (Å²) in [5.74, 6) is 0. The molecule has 0 aromatic carbocycles. The molecule has 0 bridgehead atoms. The minimum absolute atomic E-state index is 0. The number of nitrogens with zero attached hydrogens (tertiary/aromatic N) is 1. The molecule has 0 spiro atoms. The Labute approximate surface area is 253 Å². The molecule has 1 fully saturated rings. The van der Waals surface area contributed by atoms with Crippen molar-refractivity contribution in [1.29, 1.82) is 0 Å². The van der Waals surface area contributed by atoms with E-state index in [0.717, 1.165) is 15.9 Å². The largest absolute Gasteiger partial charge is 1.00 e. The molecule has 0 amide bonds. The number of nitrogens with one attached hydrogen (secondary N) is 1. The zero-order valence-electron chi connectivity index (χ0n) is 19.1. The number of aromatic nitrogens is 2. The maximum absolute atomic E-state index is 12.2. The van der Waals surface area contributed by atoms with E-state index in [9.17, 15) is 53.1 Å². The summed E-state index contributed by atoms with van der Waals surface area (Å²) in [5, 5.41) is 23.2. The van der Waals surface area contributed by atoms with Crippen LogP contribution in [0.25, 0.3) is 10.9 Å². The molecule has 3 heterocycles. The number of phosphoric acid groups is 3. The number of hydrogen-bond donors (Lipinski definition) is 3. The van der Waals surface area contributed by atoms with Crippen LogP contribution in [-0.4, -0.2) is 44.7 Å². The number of rotatable bonds is 8. The van der Waals surface area contributed by atoms with Crippen molar-refractivity contribution in [3.8, 4) is 0 Å². The van der Waals surface area contributed by atoms with E-state index in [-0.39, 0.29) is 86.3 Å². The van der Waals surface area contributed by atoms with Gasteiger partial charge in [-0.15, -0.1) is 11.3 Å². The molecule has 3 rings (SSSR count). The number of aromatic amines is 1. The van der Waals surface area contributed by atoms with Crippen LogP contribution < -0.4 is 106 Å². The van der Waals surface area contributed by atoms with Gasteiger partial charge in [0, 0.05) is 10.8 Å². The van der Waals surface area contributed by atoms with Gasteiger partial charge in [0.2, 0.25) is 0 Å². The molecular weight excluding hydrogens is 553 g/mol. The molecule has 1 saturated heterocycles. The number of H-pyrrole nitrogens is 1. The van der Waals surface area contributed by atoms with Crippen LogP contribution in [0, 0.1) is 0 Å². The van der Waals surface area contributed by atoms with Crippen molar-refractivity contribution in [3.63, 3.8) is 0 Å². The first-order valence-corrected chi connectivity index (χ1v) is 13.4. The fraction of sp³-hybridized carbons (Fsp3) is 0.455. The molecule has 0 aliphatic carbocycles. The Morgan fingerprint density at radius 2 is 1.56 bits per heavy atom. The summed E-state index contributed by atoms with van der Waals surface area (Å²) in [6.07, 6.45) is -6.99. The monoisotopic (exact) mass is 564 g/mol. The van der Waals surface area contributed by atoms with Gasteiger partial charge in [-0.05, 0) is 0 Å². The number of phosphoric ester groups is 1. The van der Waals surface area contributed by atoms with Crippen LogP contribution in [0.2, 0.25) is 0 Å². The van der Waals surface area contributed by atoms with Crippen molar-refractivity contribution in [2.24, 2.45) is 0 Å². The van der Waals surface area contributed by atoms with Crippen molar-refractivity contribution in [2.75, 3.05) is 6.61 Å². The third-order valence-electron chi connectivity index (χ3n) is 3.97. The predicted molar refractivity (Wildman–Crippen MR) is 93.6 cm³/mol. The van der Waals surface area contributed by atoms with Crippen LogP contribution >= 0.6 is 34.8 Å². The number of aliphatic hydroxyl groups excluding tert-OH is 2. The van der Waals surface area contributed by atoms with E-state index in [1.54, 1.807) is 0 Å². The number of thiophene rings is 1. The fourth-order valence-electron chi connectivity index (χ4n) is 2.76. The molecule has 36 heavy (non-hydrogen) atoms. The molecule has 25 heteroatoms. The summed E-state index contributed by atoms with van der Waals surface area (Å²) in [5.41, 5.74) is -1.69. The summed E-state index contributed by atoms with van der Waals surface area (Å²) in [7, 11) is -18.2. The van der Waals surface area contributed by atoms with E-state index in [4.69, 9.17) is 4.74 Å². The second-order valence-corrected chi connectivity index (χ2v) is 11.1. The zero-order valence-corrected chi connectivity index (χ0v) is 22.6. The molecule has 2 aromatic rings. The van der Waals surface area contributed by atoms with E-state index in [1.165, 1.54) is 10.8 Å². The fourth-order valence-corrected chi connectivity index (χ4v) is 6.43. The Morgan fingerprint density at radius 3 is 2.11 bits per heavy atom. The summed E-state index contributed by atoms with van der Waals surface area (Å²) >= 11 is 1.04. The van der Waals surface area contributed by atoms with Crippen molar-refractivity contribution < 1.29 is 137 Å². The van der Waals surface area contributed by atoms with Crippen molar-refractivity contribution >= 4 is 45.7 Å². The average Bonchev–Trinajstić information content (AvgIpc) is 3.18. The van der Waals surface area contributed by atoms with Gasteiger partial charge >= 0.3 is 81.1 Å². The van der Waals surface area contributed by atoms with Gasteiger partial charge in [0.1, 0.15) is 18.3 Å². The molecule has 3 N–H and O–H groups in total. The minimum atomic E-state index is -6.19. The first-order chi connectivity index (χ1) is 14.6. The molecule has 6 unspecified atom stereocenters. The van der Waals surface area contributed by atoms with E-state index >= 15 is 0 Å². The molecular formula is C11H11Li4N2O15P3S. The van der Waals surface area contributed by atoms with Crippen molar-refractivity contribution in [2.45, 2.75) is 24.5 Å². The average molecular weight is 564 g/mol. The van der Waals surface area contributed by atoms with E-state index in [1.807, 2.05) is 4.98 Å². The second-order valence-electron chi connectivity index (χ2n) is 6.15. The number of aliphatic hydroxyl groups is 2. The molecule has 1 aliphatic heterocycles. The second kappa shape index (κ2) is 14.8. The van der Waals surface area contributed by atoms with E-state index < -0.39 is 65.9 Å². The maximum atomic E-state index is 12.2. The van der Waals surface area contributed by atoms with Gasteiger partial charge < -0.3 is 43.6 Å². The maximum Gasteiger partial charge on any atom is 1.00 e. The standard InChI is InChI=1S/C11H15N2O15P3S.4Li/c14-7-6(1-25-30(21,22)28-31(23,24)27-29(18,19)20)26-10(8(7)15)13-5-3-32-2-4(5)9(16)12-11(13)17;;;;/h2-3,6-8,10,14-15H,1H2,(H,21,22)(H,23,24)(H,12,16,17)(H2,18,19,20);;;;/q;4*+1/p-4. The minimum Gasteiger partial charge on any atom is -0.790 e. The molecule has 17 nitrogen and oxygen atoms in total. The first-order valence-electron chi connectivity index (χ1n) is 8.04. The Hall–Kier alpha value is 1.32. The van der Waals surface area contributed by atoms with E-state index in [0.29, 0.717) is 0 Å². The molecule has 1 aliphatic rings. The van der Waals surface area contributed by atoms with Gasteiger partial charge in [0.15, 0.2) is 6.23 Å². The van der Waals surface area contributed by atoms with Crippen molar-refractivity contribution in [1.82, 2.24) is 9.55 Å². The van der Waals surface area contributed by atoms with Gasteiger partial charge in [-0.25, -0.2) is 9.11 Å². The molecule has 0 radical (unpaired) electrons. The van der Waals surface area contributed by atoms with Crippen LogP contribution in [-0.2, 0) is 31.6 Å². The normalized spacial score (nSPS) is 24.8. The van der Waals surface area contributed by atoms with Crippen LogP contribution in [0.5, 0.6) is 0 Å². The van der Waals surface area contributed by atoms with Gasteiger partial charge in [-0.3, -0.25) is 27.8 Å². The van der Waals surface area contributed by atoms with Gasteiger partial charge in [-0.1, -0.05) is 0 Å². The SMILES string of the molecule is O=c1[nH]c(=O)n(C2OC(COP(=O)([O-])OP(=O)([O-])OP(=O)([O-])[O-])C(O)C2O)c2cscc12.[Li+].[Li+].[Li+].[Li+]. The smallest absolute Gasteiger partial charge is 0.790 e. The summed E-state index contributed by atoms with van der Waals surface area (Å²) < 4.78 is 49.7. The Bertz CT molecular complexity index is 1280. The number of fused-ring (bicyclic) bond motifs is 1. The number of hydrogen-bond acceptors (Lipinski definition) is 16. The summed E-state index contributed by atoms with van der Waals surface area (Å²) in [6.45, 7) is -1.17. The molecule has 2 aromatic heterocycles. The molecule has 0 saturated carbocycles. The van der Waals surface area contributed by atoms with Crippen LogP contribution in [0.4, 0.5) is 0 Å². The first kappa shape index (κ1) is 39.5. The summed E-state index contributed by atoms with van der Waals surface area (Å²) in [4.78, 5) is 69.4. The topological polar surface area (TPSA) is 276 Å². The summed E-state index contributed by atoms with van der Waals surface area (Å²) in [6, 6.07) is 0.